The lowest BCUT2D eigenvalue weighted by atomic mass is 10.00. The first kappa shape index (κ1) is 12.5. The fourth-order valence-corrected chi connectivity index (χ4v) is 2.46. The zero-order valence-corrected chi connectivity index (χ0v) is 11.0. The molecule has 100 valence electrons. The fourth-order valence-electron chi connectivity index (χ4n) is 2.46. The molecule has 3 rings (SSSR count). The molecule has 0 aliphatic carbocycles. The lowest BCUT2D eigenvalue weighted by Crippen LogP contribution is -2.01. The van der Waals surface area contributed by atoms with Crippen molar-refractivity contribution in [2.24, 2.45) is 0 Å². The molecule has 0 fully saturated rings. The number of Topliss-reactive ketones (excluding diaryl/α,β-unsaturated/α-hetero) is 1. The molecule has 2 N–H and O–H groups in total. The first-order valence-electron chi connectivity index (χ1n) is 6.62. The van der Waals surface area contributed by atoms with Crippen LogP contribution in [0.15, 0.2) is 54.7 Å². The number of aryl methyl sites for hydroxylation is 1. The van der Waals surface area contributed by atoms with Gasteiger partial charge in [0.25, 0.3) is 0 Å². The summed E-state index contributed by atoms with van der Waals surface area (Å²) in [6, 6.07) is 14.7. The van der Waals surface area contributed by atoms with Gasteiger partial charge in [-0.05, 0) is 36.2 Å². The highest BCUT2D eigenvalue weighted by Gasteiger charge is 2.11. The first-order valence-corrected chi connectivity index (χ1v) is 6.62. The van der Waals surface area contributed by atoms with Crippen molar-refractivity contribution in [2.75, 3.05) is 0 Å². The van der Waals surface area contributed by atoms with Crippen molar-refractivity contribution in [3.8, 4) is 5.75 Å². The standard InChI is InChI=1S/C17H15NO2/c19-16-7-2-1-5-14(16)17(20)9-8-12-4-3-6-15-13(12)10-11-18-15/h1-7,10-11,18-19H,8-9H2. The van der Waals surface area contributed by atoms with Gasteiger partial charge in [0.1, 0.15) is 5.75 Å². The van der Waals surface area contributed by atoms with Crippen LogP contribution in [0.25, 0.3) is 10.9 Å². The molecule has 1 heterocycles. The number of carbonyl (C=O) groups is 1. The molecule has 3 heteroatoms. The first-order chi connectivity index (χ1) is 9.75. The topological polar surface area (TPSA) is 53.1 Å². The third kappa shape index (κ3) is 2.30. The van der Waals surface area contributed by atoms with Gasteiger partial charge < -0.3 is 10.1 Å². The number of rotatable bonds is 4. The van der Waals surface area contributed by atoms with Crippen LogP contribution in [0.3, 0.4) is 0 Å². The Morgan fingerprint density at radius 1 is 1.05 bits per heavy atom. The molecule has 1 aromatic heterocycles. The Hall–Kier alpha value is -2.55. The van der Waals surface area contributed by atoms with Crippen molar-refractivity contribution < 1.29 is 9.90 Å². The maximum absolute atomic E-state index is 12.1. The minimum atomic E-state index is -0.0318. The highest BCUT2D eigenvalue weighted by Crippen LogP contribution is 2.21. The van der Waals surface area contributed by atoms with Crippen LogP contribution in [0.1, 0.15) is 22.3 Å². The molecule has 0 unspecified atom stereocenters. The SMILES string of the molecule is O=C(CCc1cccc2[nH]ccc12)c1ccccc1O. The van der Waals surface area contributed by atoms with Crippen molar-refractivity contribution in [3.63, 3.8) is 0 Å². The summed E-state index contributed by atoms with van der Waals surface area (Å²) in [5.41, 5.74) is 2.62. The zero-order valence-electron chi connectivity index (χ0n) is 11.0. The highest BCUT2D eigenvalue weighted by atomic mass is 16.3. The van der Waals surface area contributed by atoms with Gasteiger partial charge in [-0.1, -0.05) is 24.3 Å². The van der Waals surface area contributed by atoms with Crippen LogP contribution in [0.2, 0.25) is 0 Å². The van der Waals surface area contributed by atoms with E-state index in [1.54, 1.807) is 24.3 Å². The van der Waals surface area contributed by atoms with Crippen molar-refractivity contribution in [3.05, 3.63) is 65.9 Å². The average molecular weight is 265 g/mol. The Bertz CT molecular complexity index is 758. The highest BCUT2D eigenvalue weighted by molar-refractivity contribution is 5.98. The van der Waals surface area contributed by atoms with E-state index in [9.17, 15) is 9.90 Å². The van der Waals surface area contributed by atoms with Crippen LogP contribution in [0.5, 0.6) is 5.75 Å². The maximum Gasteiger partial charge on any atom is 0.166 e. The van der Waals surface area contributed by atoms with E-state index < -0.39 is 0 Å². The van der Waals surface area contributed by atoms with E-state index in [1.165, 1.54) is 0 Å². The Balaban J connectivity index is 1.78. The van der Waals surface area contributed by atoms with E-state index in [2.05, 4.69) is 4.98 Å². The molecule has 0 saturated carbocycles. The van der Waals surface area contributed by atoms with Crippen LogP contribution < -0.4 is 0 Å². The normalized spacial score (nSPS) is 10.8. The predicted octanol–water partition coefficient (Wildman–Crippen LogP) is 3.69. The number of phenolic OH excluding ortho intramolecular Hbond substituents is 1. The van der Waals surface area contributed by atoms with Crippen LogP contribution in [-0.4, -0.2) is 15.9 Å². The Kier molecular flexibility index (Phi) is 3.25. The fraction of sp³-hybridized carbons (Fsp3) is 0.118. The molecule has 3 nitrogen and oxygen atoms in total. The van der Waals surface area contributed by atoms with E-state index in [0.717, 1.165) is 16.5 Å². The van der Waals surface area contributed by atoms with Gasteiger partial charge in [-0.3, -0.25) is 4.79 Å². The number of aromatic amines is 1. The summed E-state index contributed by atoms with van der Waals surface area (Å²) in [7, 11) is 0. The third-order valence-corrected chi connectivity index (χ3v) is 3.51. The van der Waals surface area contributed by atoms with E-state index in [-0.39, 0.29) is 11.5 Å². The number of phenols is 1. The molecular weight excluding hydrogens is 250 g/mol. The minimum absolute atomic E-state index is 0.0318. The summed E-state index contributed by atoms with van der Waals surface area (Å²) < 4.78 is 0. The van der Waals surface area contributed by atoms with E-state index in [0.29, 0.717) is 18.4 Å². The lowest BCUT2D eigenvalue weighted by molar-refractivity contribution is 0.0980. The zero-order chi connectivity index (χ0) is 13.9. The Labute approximate surface area is 116 Å². The summed E-state index contributed by atoms with van der Waals surface area (Å²) in [5, 5.41) is 10.8. The summed E-state index contributed by atoms with van der Waals surface area (Å²) >= 11 is 0. The number of ketones is 1. The van der Waals surface area contributed by atoms with Gasteiger partial charge in [-0.25, -0.2) is 0 Å². The van der Waals surface area contributed by atoms with Crippen molar-refractivity contribution >= 4 is 16.7 Å². The van der Waals surface area contributed by atoms with Gasteiger partial charge in [0.2, 0.25) is 0 Å². The summed E-state index contributed by atoms with van der Waals surface area (Å²) in [4.78, 5) is 15.3. The number of nitrogens with one attached hydrogen (secondary N) is 1. The molecular formula is C17H15NO2. The van der Waals surface area contributed by atoms with Crippen molar-refractivity contribution in [1.82, 2.24) is 4.98 Å². The van der Waals surface area contributed by atoms with Crippen LogP contribution >= 0.6 is 0 Å². The average Bonchev–Trinajstić information content (AvgIpc) is 2.94. The minimum Gasteiger partial charge on any atom is -0.507 e. The number of aromatic hydroxyl groups is 1. The van der Waals surface area contributed by atoms with Gasteiger partial charge in [0.15, 0.2) is 5.78 Å². The van der Waals surface area contributed by atoms with Crippen LogP contribution in [0.4, 0.5) is 0 Å². The monoisotopic (exact) mass is 265 g/mol. The molecule has 3 aromatic rings. The lowest BCUT2D eigenvalue weighted by Gasteiger charge is -2.05. The van der Waals surface area contributed by atoms with E-state index in [1.807, 2.05) is 30.5 Å². The number of H-pyrrole nitrogens is 1. The third-order valence-electron chi connectivity index (χ3n) is 3.51. The van der Waals surface area contributed by atoms with Crippen molar-refractivity contribution in [1.29, 1.82) is 0 Å². The summed E-state index contributed by atoms with van der Waals surface area (Å²) in [6.07, 6.45) is 2.96. The Morgan fingerprint density at radius 2 is 1.90 bits per heavy atom. The van der Waals surface area contributed by atoms with Gasteiger partial charge in [0.05, 0.1) is 5.56 Å². The largest absolute Gasteiger partial charge is 0.507 e. The number of hydrogen-bond acceptors (Lipinski definition) is 2. The molecule has 0 bridgehead atoms. The van der Waals surface area contributed by atoms with Gasteiger partial charge in [0, 0.05) is 23.5 Å². The number of para-hydroxylation sites is 1. The molecule has 20 heavy (non-hydrogen) atoms. The Morgan fingerprint density at radius 3 is 2.75 bits per heavy atom. The maximum atomic E-state index is 12.1. The van der Waals surface area contributed by atoms with E-state index in [4.69, 9.17) is 0 Å². The molecule has 0 radical (unpaired) electrons. The molecule has 0 saturated heterocycles. The number of benzene rings is 2. The second kappa shape index (κ2) is 5.21. The molecule has 0 amide bonds. The summed E-state index contributed by atoms with van der Waals surface area (Å²) in [6.45, 7) is 0. The number of aromatic nitrogens is 1. The number of fused-ring (bicyclic) bond motifs is 1. The number of carbonyl (C=O) groups excluding carboxylic acids is 1. The van der Waals surface area contributed by atoms with Crippen molar-refractivity contribution in [2.45, 2.75) is 12.8 Å². The molecule has 0 spiro atoms. The quantitative estimate of drug-likeness (QED) is 0.707. The summed E-state index contributed by atoms with van der Waals surface area (Å²) in [5.74, 6) is 0.0213. The van der Waals surface area contributed by atoms with E-state index >= 15 is 0 Å². The second-order valence-corrected chi connectivity index (χ2v) is 4.80. The predicted molar refractivity (Wildman–Crippen MR) is 79.1 cm³/mol. The van der Waals surface area contributed by atoms with Gasteiger partial charge >= 0.3 is 0 Å². The molecule has 2 aromatic carbocycles. The van der Waals surface area contributed by atoms with Gasteiger partial charge in [-0.15, -0.1) is 0 Å². The second-order valence-electron chi connectivity index (χ2n) is 4.80. The molecule has 0 atom stereocenters. The number of hydrogen-bond donors (Lipinski definition) is 2. The van der Waals surface area contributed by atoms with Gasteiger partial charge in [-0.2, -0.15) is 0 Å². The molecule has 0 aliphatic heterocycles. The van der Waals surface area contributed by atoms with Crippen LogP contribution in [-0.2, 0) is 6.42 Å². The smallest absolute Gasteiger partial charge is 0.166 e. The van der Waals surface area contributed by atoms with Crippen LogP contribution in [0, 0.1) is 0 Å². The molecule has 0 aliphatic rings.